The van der Waals surface area contributed by atoms with Crippen LogP contribution in [0.25, 0.3) is 0 Å². The normalized spacial score (nSPS) is 9.00. The monoisotopic (exact) mass is 157 g/mol. The predicted octanol–water partition coefficient (Wildman–Crippen LogP) is -0.703. The average Bonchev–Trinajstić information content (AvgIpc) is 1.96. The van der Waals surface area contributed by atoms with Crippen LogP contribution < -0.4 is 11.2 Å². The van der Waals surface area contributed by atoms with Crippen LogP contribution in [0.2, 0.25) is 0 Å². The van der Waals surface area contributed by atoms with Gasteiger partial charge in [-0.25, -0.2) is 5.48 Å². The lowest BCUT2D eigenvalue weighted by Gasteiger charge is -2.00. The minimum atomic E-state index is -0.516. The third-order valence-corrected chi connectivity index (χ3v) is 0.884. The van der Waals surface area contributed by atoms with E-state index in [4.69, 9.17) is 11.0 Å². The smallest absolute Gasteiger partial charge is 0.245 e. The van der Waals surface area contributed by atoms with Crippen LogP contribution in [0.1, 0.15) is 12.8 Å². The molecule has 5 nitrogen and oxygen atoms in total. The second kappa shape index (κ2) is 6.99. The standard InChI is InChI=1S/C6H11N3O2/c7-3-1-2-4-9-11-5-6(8)10/h9H,1-2,4-5H2,(H2,8,10). The Labute approximate surface area is 65.1 Å². The van der Waals surface area contributed by atoms with E-state index in [-0.39, 0.29) is 6.61 Å². The largest absolute Gasteiger partial charge is 0.368 e. The molecule has 0 saturated heterocycles. The number of rotatable bonds is 6. The molecule has 0 aromatic rings. The van der Waals surface area contributed by atoms with Gasteiger partial charge >= 0.3 is 0 Å². The third kappa shape index (κ3) is 8.88. The quantitative estimate of drug-likeness (QED) is 0.394. The van der Waals surface area contributed by atoms with E-state index in [0.717, 1.165) is 0 Å². The van der Waals surface area contributed by atoms with Crippen LogP contribution in [0.15, 0.2) is 0 Å². The molecule has 0 aromatic heterocycles. The second-order valence-corrected chi connectivity index (χ2v) is 1.91. The van der Waals surface area contributed by atoms with Crippen molar-refractivity contribution in [3.63, 3.8) is 0 Å². The van der Waals surface area contributed by atoms with Gasteiger partial charge in [-0.2, -0.15) is 5.26 Å². The maximum Gasteiger partial charge on any atom is 0.245 e. The highest BCUT2D eigenvalue weighted by molar-refractivity contribution is 5.74. The first-order valence-electron chi connectivity index (χ1n) is 3.27. The number of nitrogens with two attached hydrogens (primary N) is 1. The van der Waals surface area contributed by atoms with Crippen LogP contribution in [0.5, 0.6) is 0 Å². The van der Waals surface area contributed by atoms with E-state index in [0.29, 0.717) is 19.4 Å². The summed E-state index contributed by atoms with van der Waals surface area (Å²) >= 11 is 0. The molecule has 0 rings (SSSR count). The van der Waals surface area contributed by atoms with E-state index >= 15 is 0 Å². The number of nitrogens with one attached hydrogen (secondary N) is 1. The summed E-state index contributed by atoms with van der Waals surface area (Å²) in [6.45, 7) is 0.424. The zero-order chi connectivity index (χ0) is 8.53. The highest BCUT2D eigenvalue weighted by Crippen LogP contribution is 1.81. The summed E-state index contributed by atoms with van der Waals surface area (Å²) in [4.78, 5) is 14.7. The number of nitrogens with zero attached hydrogens (tertiary/aromatic N) is 1. The molecule has 3 N–H and O–H groups in total. The summed E-state index contributed by atoms with van der Waals surface area (Å²) in [5.41, 5.74) is 7.28. The lowest BCUT2D eigenvalue weighted by atomic mass is 10.3. The zero-order valence-electron chi connectivity index (χ0n) is 6.17. The summed E-state index contributed by atoms with van der Waals surface area (Å²) < 4.78 is 0. The maximum atomic E-state index is 10.1. The van der Waals surface area contributed by atoms with Crippen molar-refractivity contribution in [1.82, 2.24) is 5.48 Å². The zero-order valence-corrected chi connectivity index (χ0v) is 6.17. The van der Waals surface area contributed by atoms with E-state index in [1.54, 1.807) is 0 Å². The molecule has 62 valence electrons. The van der Waals surface area contributed by atoms with Crippen LogP contribution in [0.4, 0.5) is 0 Å². The fraction of sp³-hybridized carbons (Fsp3) is 0.667. The van der Waals surface area contributed by atoms with Gasteiger partial charge in [0.25, 0.3) is 0 Å². The Morgan fingerprint density at radius 3 is 3.00 bits per heavy atom. The van der Waals surface area contributed by atoms with Crippen LogP contribution in [0.3, 0.4) is 0 Å². The highest BCUT2D eigenvalue weighted by Gasteiger charge is 1.92. The SMILES string of the molecule is N#CCCCNOCC(N)=O. The number of carbonyl (C=O) groups excluding carboxylic acids is 1. The molecule has 0 saturated carbocycles. The Bertz CT molecular complexity index is 152. The lowest BCUT2D eigenvalue weighted by Crippen LogP contribution is -2.25. The number of amides is 1. The van der Waals surface area contributed by atoms with Gasteiger partial charge in [0, 0.05) is 13.0 Å². The molecule has 0 radical (unpaired) electrons. The van der Waals surface area contributed by atoms with Crippen molar-refractivity contribution in [3.8, 4) is 6.07 Å². The van der Waals surface area contributed by atoms with Crippen molar-refractivity contribution in [3.05, 3.63) is 0 Å². The van der Waals surface area contributed by atoms with Crippen molar-refractivity contribution in [2.75, 3.05) is 13.2 Å². The van der Waals surface area contributed by atoms with Gasteiger partial charge in [-0.1, -0.05) is 0 Å². The van der Waals surface area contributed by atoms with Crippen LogP contribution in [-0.4, -0.2) is 19.1 Å². The van der Waals surface area contributed by atoms with Crippen molar-refractivity contribution < 1.29 is 9.63 Å². The molecule has 1 amide bonds. The predicted molar refractivity (Wildman–Crippen MR) is 38.0 cm³/mol. The number of hydrogen-bond donors (Lipinski definition) is 2. The van der Waals surface area contributed by atoms with E-state index in [1.165, 1.54) is 0 Å². The molecule has 0 aliphatic rings. The first-order chi connectivity index (χ1) is 5.27. The fourth-order valence-electron chi connectivity index (χ4n) is 0.434. The minimum Gasteiger partial charge on any atom is -0.368 e. The van der Waals surface area contributed by atoms with Gasteiger partial charge < -0.3 is 5.73 Å². The van der Waals surface area contributed by atoms with Crippen LogP contribution in [0, 0.1) is 11.3 Å². The number of nitriles is 1. The molecule has 0 aromatic carbocycles. The Morgan fingerprint density at radius 1 is 1.73 bits per heavy atom. The molecule has 0 heterocycles. The van der Waals surface area contributed by atoms with Gasteiger partial charge in [0.05, 0.1) is 6.07 Å². The topological polar surface area (TPSA) is 88.1 Å². The molecule has 0 unspecified atom stereocenters. The van der Waals surface area contributed by atoms with E-state index in [2.05, 4.69) is 10.3 Å². The molecule has 0 fully saturated rings. The summed E-state index contributed by atoms with van der Waals surface area (Å²) in [6.07, 6.45) is 1.18. The van der Waals surface area contributed by atoms with Gasteiger partial charge in [0.15, 0.2) is 0 Å². The van der Waals surface area contributed by atoms with E-state index in [1.807, 2.05) is 6.07 Å². The molecular formula is C6H11N3O2. The molecule has 11 heavy (non-hydrogen) atoms. The van der Waals surface area contributed by atoms with Crippen molar-refractivity contribution >= 4 is 5.91 Å². The maximum absolute atomic E-state index is 10.1. The van der Waals surface area contributed by atoms with Crippen molar-refractivity contribution in [1.29, 1.82) is 5.26 Å². The van der Waals surface area contributed by atoms with Crippen molar-refractivity contribution in [2.45, 2.75) is 12.8 Å². The minimum absolute atomic E-state index is 0.132. The Morgan fingerprint density at radius 2 is 2.45 bits per heavy atom. The Balaban J connectivity index is 2.92. The van der Waals surface area contributed by atoms with Gasteiger partial charge in [0.2, 0.25) is 5.91 Å². The third-order valence-electron chi connectivity index (χ3n) is 0.884. The first kappa shape index (κ1) is 9.88. The average molecular weight is 157 g/mol. The molecule has 0 atom stereocenters. The molecule has 0 aliphatic heterocycles. The van der Waals surface area contributed by atoms with Crippen LogP contribution >= 0.6 is 0 Å². The lowest BCUT2D eigenvalue weighted by molar-refractivity contribution is -0.125. The van der Waals surface area contributed by atoms with Crippen molar-refractivity contribution in [2.24, 2.45) is 5.73 Å². The van der Waals surface area contributed by atoms with Gasteiger partial charge in [0.1, 0.15) is 6.61 Å². The number of primary amides is 1. The molecular weight excluding hydrogens is 146 g/mol. The Kier molecular flexibility index (Phi) is 6.28. The number of unbranched alkanes of at least 4 members (excludes halogenated alkanes) is 1. The Hall–Kier alpha value is -1.12. The van der Waals surface area contributed by atoms with E-state index in [9.17, 15) is 4.79 Å². The molecule has 5 heteroatoms. The summed E-state index contributed by atoms with van der Waals surface area (Å²) in [5.74, 6) is -0.516. The molecule has 0 aliphatic carbocycles. The first-order valence-corrected chi connectivity index (χ1v) is 3.27. The fourth-order valence-corrected chi connectivity index (χ4v) is 0.434. The van der Waals surface area contributed by atoms with Gasteiger partial charge in [-0.3, -0.25) is 9.63 Å². The molecule has 0 spiro atoms. The number of hydroxylamine groups is 1. The number of hydrogen-bond acceptors (Lipinski definition) is 4. The van der Waals surface area contributed by atoms with Crippen LogP contribution in [-0.2, 0) is 9.63 Å². The summed E-state index contributed by atoms with van der Waals surface area (Å²) in [7, 11) is 0. The second-order valence-electron chi connectivity index (χ2n) is 1.91. The van der Waals surface area contributed by atoms with Gasteiger partial charge in [-0.15, -0.1) is 0 Å². The molecule has 0 bridgehead atoms. The highest BCUT2D eigenvalue weighted by atomic mass is 16.6. The summed E-state index contributed by atoms with van der Waals surface area (Å²) in [5, 5.41) is 8.12. The van der Waals surface area contributed by atoms with E-state index < -0.39 is 5.91 Å². The summed E-state index contributed by atoms with van der Waals surface area (Å²) in [6, 6.07) is 1.98. The number of carbonyl (C=O) groups is 1. The van der Waals surface area contributed by atoms with Gasteiger partial charge in [-0.05, 0) is 6.42 Å².